The van der Waals surface area contributed by atoms with E-state index in [9.17, 15) is 10.1 Å². The van der Waals surface area contributed by atoms with Crippen molar-refractivity contribution in [3.05, 3.63) is 81.5 Å². The zero-order valence-electron chi connectivity index (χ0n) is 17.4. The molecule has 1 aliphatic rings. The molecule has 1 unspecified atom stereocenters. The van der Waals surface area contributed by atoms with Gasteiger partial charge in [0.1, 0.15) is 11.6 Å². The van der Waals surface area contributed by atoms with Crippen molar-refractivity contribution >= 4 is 17.5 Å². The summed E-state index contributed by atoms with van der Waals surface area (Å²) in [7, 11) is 0. The first-order chi connectivity index (χ1) is 14.6. The molecule has 0 fully saturated rings. The van der Waals surface area contributed by atoms with Crippen LogP contribution in [0, 0.1) is 11.3 Å². The molecule has 0 heterocycles. The number of carbonyl (C=O) groups is 1. The van der Waals surface area contributed by atoms with E-state index in [1.54, 1.807) is 0 Å². The van der Waals surface area contributed by atoms with Gasteiger partial charge in [-0.3, -0.25) is 4.79 Å². The maximum absolute atomic E-state index is 12.7. The number of aryl methyl sites for hydroxylation is 2. The van der Waals surface area contributed by atoms with Crippen molar-refractivity contribution in [1.82, 2.24) is 10.6 Å². The standard InChI is InChI=1S/C25H28ClN3O/c1-2-24(21-10-9-19-5-3-4-6-20(19)15-21)29-25(30)22(16-27)17-28-14-13-18-7-11-23(26)12-8-18/h7-12,15,17,24,28H,2-6,13-14H2,1H3,(H,29,30)/b22-17-. The zero-order valence-corrected chi connectivity index (χ0v) is 18.1. The van der Waals surface area contributed by atoms with Gasteiger partial charge in [0, 0.05) is 17.8 Å². The fraction of sp³-hybridized carbons (Fsp3) is 0.360. The van der Waals surface area contributed by atoms with Crippen LogP contribution in [0.15, 0.2) is 54.2 Å². The van der Waals surface area contributed by atoms with Crippen LogP contribution in [-0.2, 0) is 24.1 Å². The molecule has 1 aliphatic carbocycles. The highest BCUT2D eigenvalue weighted by molar-refractivity contribution is 6.30. The SMILES string of the molecule is CCC(NC(=O)/C(C#N)=C\NCCc1ccc(Cl)cc1)c1ccc2c(c1)CCCC2. The number of benzene rings is 2. The molecule has 1 atom stereocenters. The Hall–Kier alpha value is -2.77. The van der Waals surface area contributed by atoms with E-state index in [1.165, 1.54) is 30.2 Å². The number of hydrogen-bond acceptors (Lipinski definition) is 3. The summed E-state index contributed by atoms with van der Waals surface area (Å²) in [6.45, 7) is 2.67. The van der Waals surface area contributed by atoms with Crippen LogP contribution in [0.3, 0.4) is 0 Å². The molecule has 5 heteroatoms. The highest BCUT2D eigenvalue weighted by Crippen LogP contribution is 2.26. The number of hydrogen-bond donors (Lipinski definition) is 2. The summed E-state index contributed by atoms with van der Waals surface area (Å²) in [6.07, 6.45) is 7.78. The molecule has 0 saturated carbocycles. The van der Waals surface area contributed by atoms with Gasteiger partial charge in [-0.05, 0) is 72.9 Å². The number of nitrogens with zero attached hydrogens (tertiary/aromatic N) is 1. The Labute approximate surface area is 183 Å². The Balaban J connectivity index is 1.58. The lowest BCUT2D eigenvalue weighted by molar-refractivity contribution is -0.117. The summed E-state index contributed by atoms with van der Waals surface area (Å²) >= 11 is 5.90. The van der Waals surface area contributed by atoms with E-state index in [0.29, 0.717) is 11.6 Å². The van der Waals surface area contributed by atoms with Crippen LogP contribution >= 0.6 is 11.6 Å². The van der Waals surface area contributed by atoms with Gasteiger partial charge < -0.3 is 10.6 Å². The average molecular weight is 422 g/mol. The average Bonchev–Trinajstić information content (AvgIpc) is 2.78. The first-order valence-electron chi connectivity index (χ1n) is 10.6. The second-order valence-electron chi connectivity index (χ2n) is 7.67. The molecular weight excluding hydrogens is 394 g/mol. The fourth-order valence-electron chi connectivity index (χ4n) is 3.82. The topological polar surface area (TPSA) is 64.9 Å². The Morgan fingerprint density at radius 1 is 1.17 bits per heavy atom. The predicted octanol–water partition coefficient (Wildman–Crippen LogP) is 5.03. The van der Waals surface area contributed by atoms with Crippen molar-refractivity contribution in [2.24, 2.45) is 0 Å². The molecule has 0 bridgehead atoms. The quantitative estimate of drug-likeness (QED) is 0.357. The number of fused-ring (bicyclic) bond motifs is 1. The lowest BCUT2D eigenvalue weighted by Crippen LogP contribution is -2.30. The van der Waals surface area contributed by atoms with Crippen LogP contribution in [-0.4, -0.2) is 12.5 Å². The molecule has 156 valence electrons. The van der Waals surface area contributed by atoms with Crippen LogP contribution < -0.4 is 10.6 Å². The highest BCUT2D eigenvalue weighted by atomic mass is 35.5. The maximum atomic E-state index is 12.7. The molecule has 0 aromatic heterocycles. The van der Waals surface area contributed by atoms with Gasteiger partial charge >= 0.3 is 0 Å². The van der Waals surface area contributed by atoms with Crippen molar-refractivity contribution in [1.29, 1.82) is 5.26 Å². The van der Waals surface area contributed by atoms with E-state index in [2.05, 4.69) is 28.8 Å². The van der Waals surface area contributed by atoms with Gasteiger partial charge in [-0.25, -0.2) is 0 Å². The highest BCUT2D eigenvalue weighted by Gasteiger charge is 2.18. The van der Waals surface area contributed by atoms with E-state index >= 15 is 0 Å². The molecular formula is C25H28ClN3O. The summed E-state index contributed by atoms with van der Waals surface area (Å²) < 4.78 is 0. The lowest BCUT2D eigenvalue weighted by Gasteiger charge is -2.21. The van der Waals surface area contributed by atoms with E-state index in [-0.39, 0.29) is 17.5 Å². The second-order valence-corrected chi connectivity index (χ2v) is 8.11. The number of carbonyl (C=O) groups excluding carboxylic acids is 1. The number of rotatable bonds is 8. The molecule has 0 spiro atoms. The molecule has 1 amide bonds. The smallest absolute Gasteiger partial charge is 0.263 e. The lowest BCUT2D eigenvalue weighted by atomic mass is 9.88. The molecule has 0 aliphatic heterocycles. The predicted molar refractivity (Wildman–Crippen MR) is 121 cm³/mol. The minimum absolute atomic E-state index is 0.0857. The van der Waals surface area contributed by atoms with Gasteiger partial charge in [-0.2, -0.15) is 5.26 Å². The van der Waals surface area contributed by atoms with Gasteiger partial charge in [-0.15, -0.1) is 0 Å². The number of amides is 1. The van der Waals surface area contributed by atoms with Gasteiger partial charge in [0.25, 0.3) is 5.91 Å². The molecule has 4 nitrogen and oxygen atoms in total. The minimum atomic E-state index is -0.346. The molecule has 2 aromatic rings. The van der Waals surface area contributed by atoms with Gasteiger partial charge in [0.2, 0.25) is 0 Å². The fourth-order valence-corrected chi connectivity index (χ4v) is 3.94. The van der Waals surface area contributed by atoms with Crippen LogP contribution in [0.4, 0.5) is 0 Å². The Kier molecular flexibility index (Phi) is 7.93. The normalized spacial score (nSPS) is 14.4. The largest absolute Gasteiger partial charge is 0.389 e. The molecule has 0 saturated heterocycles. The second kappa shape index (κ2) is 10.8. The van der Waals surface area contributed by atoms with Crippen LogP contribution in [0.2, 0.25) is 5.02 Å². The van der Waals surface area contributed by atoms with Crippen molar-refractivity contribution in [3.8, 4) is 6.07 Å². The summed E-state index contributed by atoms with van der Waals surface area (Å²) in [6, 6.07) is 16.1. The van der Waals surface area contributed by atoms with Crippen molar-refractivity contribution in [2.75, 3.05) is 6.54 Å². The zero-order chi connectivity index (χ0) is 21.3. The molecule has 30 heavy (non-hydrogen) atoms. The minimum Gasteiger partial charge on any atom is -0.389 e. The Morgan fingerprint density at radius 2 is 1.90 bits per heavy atom. The van der Waals surface area contributed by atoms with Crippen molar-refractivity contribution < 1.29 is 4.79 Å². The molecule has 2 N–H and O–H groups in total. The number of halogens is 1. The van der Waals surface area contributed by atoms with Gasteiger partial charge in [0.15, 0.2) is 0 Å². The summed E-state index contributed by atoms with van der Waals surface area (Å²) in [5.74, 6) is -0.346. The van der Waals surface area contributed by atoms with E-state index in [4.69, 9.17) is 11.6 Å². The molecule has 0 radical (unpaired) electrons. The molecule has 2 aromatic carbocycles. The van der Waals surface area contributed by atoms with Gasteiger partial charge in [-0.1, -0.05) is 48.9 Å². The Bertz CT molecular complexity index is 944. The summed E-state index contributed by atoms with van der Waals surface area (Å²) in [4.78, 5) is 12.7. The Morgan fingerprint density at radius 3 is 2.60 bits per heavy atom. The third-order valence-corrected chi connectivity index (χ3v) is 5.82. The van der Waals surface area contributed by atoms with E-state index < -0.39 is 0 Å². The van der Waals surface area contributed by atoms with Gasteiger partial charge in [0.05, 0.1) is 6.04 Å². The van der Waals surface area contributed by atoms with E-state index in [0.717, 1.165) is 36.8 Å². The monoisotopic (exact) mass is 421 g/mol. The van der Waals surface area contributed by atoms with Crippen molar-refractivity contribution in [3.63, 3.8) is 0 Å². The van der Waals surface area contributed by atoms with Crippen LogP contribution in [0.5, 0.6) is 0 Å². The summed E-state index contributed by atoms with van der Waals surface area (Å²) in [5.41, 5.74) is 5.16. The molecule has 3 rings (SSSR count). The number of nitriles is 1. The van der Waals surface area contributed by atoms with Crippen LogP contribution in [0.1, 0.15) is 54.5 Å². The first kappa shape index (κ1) is 21.9. The number of nitrogens with one attached hydrogen (secondary N) is 2. The summed E-state index contributed by atoms with van der Waals surface area (Å²) in [5, 5.41) is 16.2. The third-order valence-electron chi connectivity index (χ3n) is 5.57. The first-order valence-corrected chi connectivity index (χ1v) is 11.0. The van der Waals surface area contributed by atoms with Crippen LogP contribution in [0.25, 0.3) is 0 Å². The third kappa shape index (κ3) is 5.87. The van der Waals surface area contributed by atoms with E-state index in [1.807, 2.05) is 37.3 Å². The van der Waals surface area contributed by atoms with Crippen molar-refractivity contribution in [2.45, 2.75) is 51.5 Å². The maximum Gasteiger partial charge on any atom is 0.263 e.